The third kappa shape index (κ3) is 11.5. The molecule has 2 aliphatic heterocycles. The third-order valence-corrected chi connectivity index (χ3v) is 7.70. The lowest BCUT2D eigenvalue weighted by Crippen LogP contribution is -2.59. The molecule has 4 atom stereocenters. The summed E-state index contributed by atoms with van der Waals surface area (Å²) in [7, 11) is 0. The van der Waals surface area contributed by atoms with Gasteiger partial charge in [-0.2, -0.15) is 0 Å². The van der Waals surface area contributed by atoms with E-state index in [0.29, 0.717) is 12.1 Å². The van der Waals surface area contributed by atoms with Gasteiger partial charge in [0.25, 0.3) is 0 Å². The first kappa shape index (κ1) is 34.9. The molecular weight excluding hydrogens is 516 g/mol. The molecular formula is C33H58N4O4. The Kier molecular flexibility index (Phi) is 13.4. The Morgan fingerprint density at radius 3 is 1.71 bits per heavy atom. The first-order valence-electron chi connectivity index (χ1n) is 15.7. The minimum Gasteiger partial charge on any atom is -0.444 e. The summed E-state index contributed by atoms with van der Waals surface area (Å²) in [5, 5.41) is 3.47. The van der Waals surface area contributed by atoms with E-state index in [4.69, 9.17) is 9.47 Å². The summed E-state index contributed by atoms with van der Waals surface area (Å²) in [4.78, 5) is 31.1. The number of piperazine rings is 2. The van der Waals surface area contributed by atoms with Crippen LogP contribution in [0.3, 0.4) is 0 Å². The number of hydrogen-bond donors (Lipinski definition) is 1. The fraction of sp³-hybridized carbons (Fsp3) is 0.758. The lowest BCUT2D eigenvalue weighted by molar-refractivity contribution is -0.0193. The molecule has 41 heavy (non-hydrogen) atoms. The van der Waals surface area contributed by atoms with Crippen LogP contribution in [0, 0.1) is 0 Å². The molecule has 2 fully saturated rings. The lowest BCUT2D eigenvalue weighted by atomic mass is 10.0. The summed E-state index contributed by atoms with van der Waals surface area (Å²) < 4.78 is 11.1. The van der Waals surface area contributed by atoms with Crippen molar-refractivity contribution in [2.75, 3.05) is 26.2 Å². The van der Waals surface area contributed by atoms with Crippen molar-refractivity contribution in [2.45, 2.75) is 137 Å². The molecule has 1 aromatic rings. The summed E-state index contributed by atoms with van der Waals surface area (Å²) in [6.45, 7) is 24.3. The van der Waals surface area contributed by atoms with Gasteiger partial charge in [0.2, 0.25) is 0 Å². The van der Waals surface area contributed by atoms with Gasteiger partial charge in [-0.05, 0) is 72.8 Å². The smallest absolute Gasteiger partial charge is 0.410 e. The minimum absolute atomic E-state index is 0.174. The Morgan fingerprint density at radius 1 is 0.732 bits per heavy atom. The van der Waals surface area contributed by atoms with Crippen LogP contribution in [0.2, 0.25) is 0 Å². The van der Waals surface area contributed by atoms with E-state index in [1.54, 1.807) is 0 Å². The van der Waals surface area contributed by atoms with Crippen LogP contribution in [0.1, 0.15) is 100 Å². The van der Waals surface area contributed by atoms with Crippen molar-refractivity contribution in [3.05, 3.63) is 35.9 Å². The third-order valence-electron chi connectivity index (χ3n) is 7.70. The second-order valence-electron chi connectivity index (χ2n) is 13.4. The molecule has 8 heteroatoms. The summed E-state index contributed by atoms with van der Waals surface area (Å²) in [6, 6.07) is 11.8. The topological polar surface area (TPSA) is 74.3 Å². The first-order valence-corrected chi connectivity index (χ1v) is 15.7. The van der Waals surface area contributed by atoms with Crippen molar-refractivity contribution in [1.82, 2.24) is 20.0 Å². The van der Waals surface area contributed by atoms with Crippen LogP contribution in [0.5, 0.6) is 0 Å². The van der Waals surface area contributed by atoms with Crippen molar-refractivity contribution in [3.63, 3.8) is 0 Å². The van der Waals surface area contributed by atoms with Crippen molar-refractivity contribution >= 4 is 12.2 Å². The second kappa shape index (κ2) is 15.8. The van der Waals surface area contributed by atoms with Gasteiger partial charge >= 0.3 is 12.2 Å². The zero-order chi connectivity index (χ0) is 30.8. The molecule has 0 bridgehead atoms. The molecule has 0 aromatic heterocycles. The van der Waals surface area contributed by atoms with Gasteiger partial charge < -0.3 is 24.6 Å². The number of carbonyl (C=O) groups excluding carboxylic acids is 2. The van der Waals surface area contributed by atoms with Gasteiger partial charge in [-0.15, -0.1) is 0 Å². The lowest BCUT2D eigenvalue weighted by Gasteiger charge is -2.46. The van der Waals surface area contributed by atoms with E-state index in [9.17, 15) is 9.59 Å². The van der Waals surface area contributed by atoms with Gasteiger partial charge in [0.05, 0.1) is 0 Å². The van der Waals surface area contributed by atoms with Crippen LogP contribution >= 0.6 is 0 Å². The first-order chi connectivity index (χ1) is 19.2. The highest BCUT2D eigenvalue weighted by atomic mass is 16.6. The van der Waals surface area contributed by atoms with E-state index in [0.717, 1.165) is 58.4 Å². The zero-order valence-electron chi connectivity index (χ0n) is 27.5. The molecule has 2 aliphatic rings. The predicted molar refractivity (Wildman–Crippen MR) is 167 cm³/mol. The summed E-state index contributed by atoms with van der Waals surface area (Å²) in [5.41, 5.74) is 0.469. The van der Waals surface area contributed by atoms with Crippen LogP contribution in [0.25, 0.3) is 0 Å². The molecule has 0 aliphatic carbocycles. The number of nitrogens with zero attached hydrogens (tertiary/aromatic N) is 3. The van der Waals surface area contributed by atoms with Gasteiger partial charge in [0, 0.05) is 56.9 Å². The van der Waals surface area contributed by atoms with Crippen molar-refractivity contribution in [2.24, 2.45) is 0 Å². The molecule has 1 aromatic carbocycles. The van der Waals surface area contributed by atoms with Gasteiger partial charge in [0.1, 0.15) is 11.2 Å². The van der Waals surface area contributed by atoms with E-state index < -0.39 is 11.2 Å². The number of ether oxygens (including phenoxy) is 2. The fourth-order valence-corrected chi connectivity index (χ4v) is 5.35. The molecule has 234 valence electrons. The Morgan fingerprint density at radius 2 is 1.24 bits per heavy atom. The van der Waals surface area contributed by atoms with Gasteiger partial charge in [-0.25, -0.2) is 9.59 Å². The molecule has 0 unspecified atom stereocenters. The molecule has 0 spiro atoms. The SMILES string of the molecule is CC[C@H]1CN(C(=O)OC(C)(C)C)[C@H](CC)CN1.CC[C@H]1CN(C(=O)OC(C)(C)C)[C@H](CC)CN1Cc1ccccc1. The highest BCUT2D eigenvalue weighted by Crippen LogP contribution is 2.24. The monoisotopic (exact) mass is 574 g/mol. The maximum atomic E-state index is 12.6. The molecule has 0 radical (unpaired) electrons. The van der Waals surface area contributed by atoms with E-state index in [-0.39, 0.29) is 24.3 Å². The number of hydrogen-bond acceptors (Lipinski definition) is 6. The highest BCUT2D eigenvalue weighted by molar-refractivity contribution is 5.69. The Bertz CT molecular complexity index is 927. The Hall–Kier alpha value is -2.32. The van der Waals surface area contributed by atoms with Crippen LogP contribution in [-0.2, 0) is 16.0 Å². The molecule has 2 amide bonds. The average molecular weight is 575 g/mol. The van der Waals surface area contributed by atoms with E-state index in [2.05, 4.69) is 68.2 Å². The molecule has 2 saturated heterocycles. The number of benzene rings is 1. The van der Waals surface area contributed by atoms with Crippen LogP contribution in [-0.4, -0.2) is 88.4 Å². The van der Waals surface area contributed by atoms with Crippen LogP contribution < -0.4 is 5.32 Å². The predicted octanol–water partition coefficient (Wildman–Crippen LogP) is 6.68. The van der Waals surface area contributed by atoms with Gasteiger partial charge in [-0.1, -0.05) is 58.0 Å². The average Bonchev–Trinajstić information content (AvgIpc) is 2.91. The number of nitrogens with one attached hydrogen (secondary N) is 1. The standard InChI is InChI=1S/C20H32N2O2.C13H26N2O2/c1-6-17-15-22(19(23)24-20(3,4)5)18(7-2)14-21(17)13-16-11-9-8-10-12-16;1-6-10-9-15(11(7-2)8-14-10)12(16)17-13(3,4)5/h8-12,17-18H,6-7,13-15H2,1-5H3;10-11,14H,6-9H2,1-5H3/t17-,18+;10-,11+/m00/s1. The zero-order valence-corrected chi connectivity index (χ0v) is 27.5. The van der Waals surface area contributed by atoms with Gasteiger partial charge in [0.15, 0.2) is 0 Å². The normalized spacial score (nSPS) is 23.9. The van der Waals surface area contributed by atoms with Gasteiger partial charge in [-0.3, -0.25) is 4.90 Å². The number of carbonyl (C=O) groups is 2. The molecule has 2 heterocycles. The largest absolute Gasteiger partial charge is 0.444 e. The van der Waals surface area contributed by atoms with E-state index in [1.807, 2.05) is 51.3 Å². The quantitative estimate of drug-likeness (QED) is 0.409. The molecule has 1 N–H and O–H groups in total. The molecule has 0 saturated carbocycles. The maximum Gasteiger partial charge on any atom is 0.410 e. The summed E-state index contributed by atoms with van der Waals surface area (Å²) in [5.74, 6) is 0. The molecule has 3 rings (SSSR count). The number of amides is 2. The van der Waals surface area contributed by atoms with Crippen molar-refractivity contribution in [3.8, 4) is 0 Å². The second-order valence-corrected chi connectivity index (χ2v) is 13.4. The number of rotatable bonds is 6. The van der Waals surface area contributed by atoms with Crippen LogP contribution in [0.4, 0.5) is 9.59 Å². The summed E-state index contributed by atoms with van der Waals surface area (Å²) in [6.07, 6.45) is 3.62. The van der Waals surface area contributed by atoms with E-state index >= 15 is 0 Å². The van der Waals surface area contributed by atoms with E-state index in [1.165, 1.54) is 5.56 Å². The van der Waals surface area contributed by atoms with Crippen LogP contribution in [0.15, 0.2) is 30.3 Å². The minimum atomic E-state index is -0.446. The summed E-state index contributed by atoms with van der Waals surface area (Å²) >= 11 is 0. The highest BCUT2D eigenvalue weighted by Gasteiger charge is 2.37. The van der Waals surface area contributed by atoms with Crippen molar-refractivity contribution in [1.29, 1.82) is 0 Å². The fourth-order valence-electron chi connectivity index (χ4n) is 5.35. The Balaban J connectivity index is 0.000000305. The molecule has 8 nitrogen and oxygen atoms in total. The van der Waals surface area contributed by atoms with Crippen molar-refractivity contribution < 1.29 is 19.1 Å². The Labute approximate surface area is 250 Å². The maximum absolute atomic E-state index is 12.6.